The lowest BCUT2D eigenvalue weighted by atomic mass is 9.96. The number of nitrogens with zero attached hydrogens (tertiary/aromatic N) is 2. The topological polar surface area (TPSA) is 65.8 Å². The molecule has 0 radical (unpaired) electrons. The summed E-state index contributed by atoms with van der Waals surface area (Å²) < 4.78 is 0. The Kier molecular flexibility index (Phi) is 4.47. The zero-order chi connectivity index (χ0) is 12.9. The Labute approximate surface area is 106 Å². The number of alkyl halides is 1. The normalized spacial score (nSPS) is 10.7. The summed E-state index contributed by atoms with van der Waals surface area (Å²) in [7, 11) is 0. The van der Waals surface area contributed by atoms with Crippen LogP contribution in [0.15, 0.2) is 18.3 Å². The predicted octanol–water partition coefficient (Wildman–Crippen LogP) is 1.95. The summed E-state index contributed by atoms with van der Waals surface area (Å²) in [5, 5.41) is 11.4. The van der Waals surface area contributed by atoms with Gasteiger partial charge in [-0.05, 0) is 17.5 Å². The number of nitriles is 1. The van der Waals surface area contributed by atoms with E-state index in [0.717, 1.165) is 0 Å². The molecule has 1 rings (SSSR count). The third-order valence-electron chi connectivity index (χ3n) is 2.21. The first-order valence-electron chi connectivity index (χ1n) is 5.19. The molecule has 4 nitrogen and oxygen atoms in total. The lowest BCUT2D eigenvalue weighted by Gasteiger charge is -2.21. The number of hydrogen-bond acceptors (Lipinski definition) is 3. The molecule has 0 saturated heterocycles. The van der Waals surface area contributed by atoms with Gasteiger partial charge in [-0.1, -0.05) is 13.8 Å². The average Bonchev–Trinajstić information content (AvgIpc) is 2.36. The third-order valence-corrected chi connectivity index (χ3v) is 2.94. The van der Waals surface area contributed by atoms with Crippen LogP contribution in [-0.4, -0.2) is 23.3 Å². The fraction of sp³-hybridized carbons (Fsp3) is 0.417. The summed E-state index contributed by atoms with van der Waals surface area (Å²) >= 11 is 5.76. The summed E-state index contributed by atoms with van der Waals surface area (Å²) in [6, 6.07) is 5.04. The molecule has 0 aliphatic rings. The minimum absolute atomic E-state index is 0.149. The molecule has 0 unspecified atom stereocenters. The summed E-state index contributed by atoms with van der Waals surface area (Å²) in [6.07, 6.45) is 1.38. The van der Waals surface area contributed by atoms with Gasteiger partial charge in [0.05, 0.1) is 5.56 Å². The highest BCUT2D eigenvalue weighted by Crippen LogP contribution is 2.15. The van der Waals surface area contributed by atoms with E-state index in [-0.39, 0.29) is 11.3 Å². The van der Waals surface area contributed by atoms with Crippen LogP contribution in [-0.2, 0) is 0 Å². The molecule has 0 aromatic carbocycles. The molecule has 1 aromatic heterocycles. The smallest absolute Gasteiger partial charge is 0.269 e. The Hall–Kier alpha value is -1.60. The second-order valence-electron chi connectivity index (χ2n) is 4.52. The Balaban J connectivity index is 2.62. The van der Waals surface area contributed by atoms with Gasteiger partial charge in [0.15, 0.2) is 0 Å². The predicted molar refractivity (Wildman–Crippen MR) is 65.8 cm³/mol. The number of hydrogen-bond donors (Lipinski definition) is 1. The summed E-state index contributed by atoms with van der Waals surface area (Å²) in [4.78, 5) is 15.6. The highest BCUT2D eigenvalue weighted by atomic mass is 35.5. The van der Waals surface area contributed by atoms with Crippen molar-refractivity contribution in [1.82, 2.24) is 10.3 Å². The van der Waals surface area contributed by atoms with E-state index in [9.17, 15) is 4.79 Å². The van der Waals surface area contributed by atoms with Gasteiger partial charge in [-0.2, -0.15) is 5.26 Å². The Morgan fingerprint density at radius 2 is 2.29 bits per heavy atom. The van der Waals surface area contributed by atoms with Crippen molar-refractivity contribution >= 4 is 17.5 Å². The van der Waals surface area contributed by atoms with E-state index in [2.05, 4.69) is 10.3 Å². The van der Waals surface area contributed by atoms with Crippen LogP contribution in [0.4, 0.5) is 0 Å². The Bertz CT molecular complexity index is 434. The maximum atomic E-state index is 11.7. The first-order chi connectivity index (χ1) is 7.98. The van der Waals surface area contributed by atoms with Crippen molar-refractivity contribution < 1.29 is 4.79 Å². The van der Waals surface area contributed by atoms with Crippen molar-refractivity contribution in [3.8, 4) is 6.07 Å². The number of aromatic nitrogens is 1. The third kappa shape index (κ3) is 4.04. The molecule has 17 heavy (non-hydrogen) atoms. The molecule has 90 valence electrons. The summed E-state index contributed by atoms with van der Waals surface area (Å²) in [5.41, 5.74) is 0.584. The van der Waals surface area contributed by atoms with Gasteiger partial charge < -0.3 is 5.32 Å². The molecular weight excluding hydrogens is 238 g/mol. The van der Waals surface area contributed by atoms with E-state index in [4.69, 9.17) is 16.9 Å². The van der Waals surface area contributed by atoms with E-state index in [1.165, 1.54) is 12.3 Å². The van der Waals surface area contributed by atoms with Crippen molar-refractivity contribution in [2.75, 3.05) is 12.4 Å². The fourth-order valence-corrected chi connectivity index (χ4v) is 1.15. The SMILES string of the molecule is CC(C)(CCl)CNC(=O)c1ccc(C#N)cn1. The van der Waals surface area contributed by atoms with Crippen molar-refractivity contribution in [2.45, 2.75) is 13.8 Å². The van der Waals surface area contributed by atoms with Crippen LogP contribution >= 0.6 is 11.6 Å². The van der Waals surface area contributed by atoms with Gasteiger partial charge in [0.1, 0.15) is 11.8 Å². The summed E-state index contributed by atoms with van der Waals surface area (Å²) in [5.74, 6) is 0.210. The molecule has 1 N–H and O–H groups in total. The van der Waals surface area contributed by atoms with E-state index < -0.39 is 0 Å². The molecule has 1 aromatic rings. The minimum Gasteiger partial charge on any atom is -0.350 e. The Morgan fingerprint density at radius 1 is 1.59 bits per heavy atom. The van der Waals surface area contributed by atoms with Crippen LogP contribution in [0.3, 0.4) is 0 Å². The molecule has 0 atom stereocenters. The fourth-order valence-electron chi connectivity index (χ4n) is 1.05. The number of rotatable bonds is 4. The largest absolute Gasteiger partial charge is 0.350 e. The minimum atomic E-state index is -0.257. The Morgan fingerprint density at radius 3 is 2.76 bits per heavy atom. The van der Waals surface area contributed by atoms with Crippen molar-refractivity contribution in [3.63, 3.8) is 0 Å². The highest BCUT2D eigenvalue weighted by Gasteiger charge is 2.18. The lowest BCUT2D eigenvalue weighted by Crippen LogP contribution is -2.35. The van der Waals surface area contributed by atoms with E-state index in [1.807, 2.05) is 19.9 Å². The first kappa shape index (κ1) is 13.5. The quantitative estimate of drug-likeness (QED) is 0.832. The number of carbonyl (C=O) groups excluding carboxylic acids is 1. The molecule has 0 aliphatic carbocycles. The highest BCUT2D eigenvalue weighted by molar-refractivity contribution is 6.18. The van der Waals surface area contributed by atoms with Gasteiger partial charge in [-0.15, -0.1) is 11.6 Å². The number of amides is 1. The molecule has 0 saturated carbocycles. The molecule has 1 amide bonds. The first-order valence-corrected chi connectivity index (χ1v) is 5.72. The number of carbonyl (C=O) groups is 1. The molecule has 0 spiro atoms. The standard InChI is InChI=1S/C12H14ClN3O/c1-12(2,7-13)8-16-11(17)10-4-3-9(5-14)6-15-10/h3-4,6H,7-8H2,1-2H3,(H,16,17). The van der Waals surface area contributed by atoms with Crippen LogP contribution in [0.25, 0.3) is 0 Å². The molecular formula is C12H14ClN3O. The molecule has 0 fully saturated rings. The zero-order valence-electron chi connectivity index (χ0n) is 9.83. The van der Waals surface area contributed by atoms with Crippen LogP contribution in [0.2, 0.25) is 0 Å². The second kappa shape index (κ2) is 5.65. The average molecular weight is 252 g/mol. The van der Waals surface area contributed by atoms with Gasteiger partial charge in [0, 0.05) is 18.6 Å². The maximum Gasteiger partial charge on any atom is 0.269 e. The lowest BCUT2D eigenvalue weighted by molar-refractivity contribution is 0.0935. The molecule has 5 heteroatoms. The monoisotopic (exact) mass is 251 g/mol. The van der Waals surface area contributed by atoms with Crippen LogP contribution in [0.1, 0.15) is 29.9 Å². The van der Waals surface area contributed by atoms with Gasteiger partial charge in [-0.25, -0.2) is 4.98 Å². The van der Waals surface area contributed by atoms with Crippen LogP contribution < -0.4 is 5.32 Å². The van der Waals surface area contributed by atoms with E-state index in [0.29, 0.717) is 23.7 Å². The van der Waals surface area contributed by atoms with Crippen molar-refractivity contribution in [3.05, 3.63) is 29.6 Å². The van der Waals surface area contributed by atoms with Gasteiger partial charge in [0.2, 0.25) is 0 Å². The zero-order valence-corrected chi connectivity index (χ0v) is 10.6. The molecule has 0 aliphatic heterocycles. The van der Waals surface area contributed by atoms with E-state index >= 15 is 0 Å². The van der Waals surface area contributed by atoms with Gasteiger partial charge in [0.25, 0.3) is 5.91 Å². The number of nitrogens with one attached hydrogen (secondary N) is 1. The maximum absolute atomic E-state index is 11.7. The van der Waals surface area contributed by atoms with Crippen LogP contribution in [0.5, 0.6) is 0 Å². The number of halogens is 1. The van der Waals surface area contributed by atoms with E-state index in [1.54, 1.807) is 6.07 Å². The van der Waals surface area contributed by atoms with Crippen molar-refractivity contribution in [2.24, 2.45) is 5.41 Å². The van der Waals surface area contributed by atoms with Gasteiger partial charge >= 0.3 is 0 Å². The summed E-state index contributed by atoms with van der Waals surface area (Å²) in [6.45, 7) is 4.41. The molecule has 1 heterocycles. The molecule has 0 bridgehead atoms. The van der Waals surface area contributed by atoms with Crippen molar-refractivity contribution in [1.29, 1.82) is 5.26 Å². The van der Waals surface area contributed by atoms with Crippen LogP contribution in [0, 0.1) is 16.7 Å². The van der Waals surface area contributed by atoms with Gasteiger partial charge in [-0.3, -0.25) is 4.79 Å². The number of pyridine rings is 1. The second-order valence-corrected chi connectivity index (χ2v) is 4.79.